The van der Waals surface area contributed by atoms with Crippen LogP contribution in [0, 0.1) is 0 Å². The van der Waals surface area contributed by atoms with Crippen LogP contribution >= 0.6 is 23.1 Å². The van der Waals surface area contributed by atoms with Gasteiger partial charge in [-0.25, -0.2) is 4.57 Å². The lowest BCUT2D eigenvalue weighted by Gasteiger charge is -2.00. The molecule has 4 rings (SSSR count). The van der Waals surface area contributed by atoms with Gasteiger partial charge in [-0.2, -0.15) is 4.98 Å². The third-order valence-corrected chi connectivity index (χ3v) is 6.41. The molecule has 3 nitrogen and oxygen atoms in total. The third kappa shape index (κ3) is 3.64. The van der Waals surface area contributed by atoms with Crippen molar-refractivity contribution in [2.24, 2.45) is 0 Å². The monoisotopic (exact) mass is 378 g/mol. The second kappa shape index (κ2) is 7.98. The maximum Gasteiger partial charge on any atom is 0.340 e. The van der Waals surface area contributed by atoms with Crippen molar-refractivity contribution in [2.45, 2.75) is 24.0 Å². The zero-order valence-electron chi connectivity index (χ0n) is 14.6. The quantitative estimate of drug-likeness (QED) is 0.251. The molecule has 0 fully saturated rings. The molecule has 0 radical (unpaired) electrons. The third-order valence-electron chi connectivity index (χ3n) is 4.08. The maximum absolute atomic E-state index is 4.90. The molecule has 3 heterocycles. The minimum absolute atomic E-state index is 0.774. The average Bonchev–Trinajstić information content (AvgIpc) is 3.11. The van der Waals surface area contributed by atoms with Crippen LogP contribution in [0.4, 0.5) is 0 Å². The van der Waals surface area contributed by atoms with Gasteiger partial charge in [-0.3, -0.25) is 0 Å². The van der Waals surface area contributed by atoms with Gasteiger partial charge in [-0.1, -0.05) is 37.6 Å². The summed E-state index contributed by atoms with van der Waals surface area (Å²) in [6.07, 6.45) is 6.54. The summed E-state index contributed by atoms with van der Waals surface area (Å²) < 4.78 is 3.38. The molecule has 0 amide bonds. The van der Waals surface area contributed by atoms with Crippen molar-refractivity contribution >= 4 is 33.3 Å². The Morgan fingerprint density at radius 1 is 1.00 bits per heavy atom. The molecular weight excluding hydrogens is 358 g/mol. The number of unbranched alkanes of at least 4 members (excludes halogenated alkanes) is 1. The van der Waals surface area contributed by atoms with Gasteiger partial charge >= 0.3 is 5.82 Å². The highest BCUT2D eigenvalue weighted by molar-refractivity contribution is 8.01. The lowest BCUT2D eigenvalue weighted by Crippen LogP contribution is -2.31. The van der Waals surface area contributed by atoms with Gasteiger partial charge in [0.25, 0.3) is 5.82 Å². The lowest BCUT2D eigenvalue weighted by atomic mass is 10.2. The summed E-state index contributed by atoms with van der Waals surface area (Å²) in [6.45, 7) is 2.23. The number of hydrogen-bond acceptors (Lipinski definition) is 4. The van der Waals surface area contributed by atoms with Gasteiger partial charge in [-0.05, 0) is 47.5 Å². The number of thiophene rings is 1. The van der Waals surface area contributed by atoms with Crippen molar-refractivity contribution in [1.82, 2.24) is 9.97 Å². The van der Waals surface area contributed by atoms with Crippen molar-refractivity contribution in [3.8, 4) is 17.2 Å². The molecule has 3 aromatic heterocycles. The minimum atomic E-state index is 0.774. The van der Waals surface area contributed by atoms with Crippen molar-refractivity contribution in [3.05, 3.63) is 67.0 Å². The molecule has 0 unspecified atom stereocenters. The molecule has 26 heavy (non-hydrogen) atoms. The van der Waals surface area contributed by atoms with E-state index in [1.165, 1.54) is 17.1 Å². The molecule has 5 heteroatoms. The smallest absolute Gasteiger partial charge is 0.203 e. The van der Waals surface area contributed by atoms with Gasteiger partial charge in [0.2, 0.25) is 0 Å². The fourth-order valence-electron chi connectivity index (χ4n) is 2.73. The molecule has 0 N–H and O–H groups in total. The summed E-state index contributed by atoms with van der Waals surface area (Å²) in [7, 11) is 0. The topological polar surface area (TPSA) is 29.7 Å². The van der Waals surface area contributed by atoms with Crippen molar-refractivity contribution in [2.75, 3.05) is 5.75 Å². The molecule has 0 spiro atoms. The molecule has 0 saturated heterocycles. The normalized spacial score (nSPS) is 11.1. The lowest BCUT2D eigenvalue weighted by molar-refractivity contribution is -0.598. The Kier molecular flexibility index (Phi) is 5.27. The molecule has 0 aliphatic heterocycles. The second-order valence-electron chi connectivity index (χ2n) is 6.01. The summed E-state index contributed by atoms with van der Waals surface area (Å²) in [5.74, 6) is 2.86. The first-order valence-corrected chi connectivity index (χ1v) is 10.6. The van der Waals surface area contributed by atoms with Crippen molar-refractivity contribution < 1.29 is 4.57 Å². The van der Waals surface area contributed by atoms with Crippen LogP contribution in [-0.2, 0) is 0 Å². The standard InChI is InChI=1S/C21H20N3S2/c1-2-3-14-25-18-15-17-20(24-12-8-5-9-13-24)22-19(23-21(17)26-18)16-10-6-4-7-11-16/h4-13,15H,2-3,14H2,1H3/q+1. The van der Waals surface area contributed by atoms with E-state index in [4.69, 9.17) is 9.97 Å². The van der Waals surface area contributed by atoms with Gasteiger partial charge in [0.05, 0.1) is 16.6 Å². The zero-order valence-corrected chi connectivity index (χ0v) is 16.3. The number of rotatable bonds is 6. The average molecular weight is 379 g/mol. The Bertz CT molecular complexity index is 998. The van der Waals surface area contributed by atoms with Gasteiger partial charge in [-0.15, -0.1) is 23.1 Å². The van der Waals surface area contributed by atoms with Crippen LogP contribution in [0.5, 0.6) is 0 Å². The van der Waals surface area contributed by atoms with Gasteiger partial charge < -0.3 is 0 Å². The largest absolute Gasteiger partial charge is 0.340 e. The van der Waals surface area contributed by atoms with Gasteiger partial charge in [0, 0.05) is 5.56 Å². The first kappa shape index (κ1) is 17.2. The zero-order chi connectivity index (χ0) is 17.8. The van der Waals surface area contributed by atoms with Crippen LogP contribution in [0.3, 0.4) is 0 Å². The van der Waals surface area contributed by atoms with E-state index in [2.05, 4.69) is 29.7 Å². The maximum atomic E-state index is 4.90. The van der Waals surface area contributed by atoms with E-state index in [9.17, 15) is 0 Å². The van der Waals surface area contributed by atoms with E-state index in [1.54, 1.807) is 11.3 Å². The summed E-state index contributed by atoms with van der Waals surface area (Å²) in [4.78, 5) is 10.8. The minimum Gasteiger partial charge on any atom is -0.203 e. The fraction of sp³-hybridized carbons (Fsp3) is 0.190. The number of aromatic nitrogens is 3. The van der Waals surface area contributed by atoms with E-state index in [0.717, 1.165) is 33.2 Å². The molecule has 0 aliphatic carbocycles. The van der Waals surface area contributed by atoms with Gasteiger partial charge in [0.1, 0.15) is 10.2 Å². The number of nitrogens with zero attached hydrogens (tertiary/aromatic N) is 3. The predicted molar refractivity (Wildman–Crippen MR) is 110 cm³/mol. The molecule has 0 aliphatic rings. The first-order chi connectivity index (χ1) is 12.8. The highest BCUT2D eigenvalue weighted by atomic mass is 32.2. The second-order valence-corrected chi connectivity index (χ2v) is 8.43. The van der Waals surface area contributed by atoms with Gasteiger partial charge in [0.15, 0.2) is 0 Å². The van der Waals surface area contributed by atoms with Crippen molar-refractivity contribution in [1.29, 1.82) is 0 Å². The Morgan fingerprint density at radius 2 is 1.77 bits per heavy atom. The van der Waals surface area contributed by atoms with Crippen LogP contribution in [0.15, 0.2) is 71.2 Å². The van der Waals surface area contributed by atoms with Crippen molar-refractivity contribution in [3.63, 3.8) is 0 Å². The number of pyridine rings is 1. The van der Waals surface area contributed by atoms with E-state index in [1.807, 2.05) is 60.6 Å². The van der Waals surface area contributed by atoms with Crippen LogP contribution in [0.2, 0.25) is 0 Å². The number of fused-ring (bicyclic) bond motifs is 1. The molecule has 0 bridgehead atoms. The molecule has 0 saturated carbocycles. The molecular formula is C21H20N3S2+. The SMILES string of the molecule is CCCCSc1cc2c(-[n+]3ccccc3)nc(-c3ccccc3)nc2s1. The summed E-state index contributed by atoms with van der Waals surface area (Å²) in [6, 6.07) is 18.5. The predicted octanol–water partition coefficient (Wildman–Crippen LogP) is 5.53. The number of benzene rings is 1. The van der Waals surface area contributed by atoms with E-state index in [-0.39, 0.29) is 0 Å². The number of thioether (sulfide) groups is 1. The Hall–Kier alpha value is -2.24. The van der Waals surface area contributed by atoms with E-state index < -0.39 is 0 Å². The number of hydrogen-bond donors (Lipinski definition) is 0. The Balaban J connectivity index is 1.85. The summed E-state index contributed by atoms with van der Waals surface area (Å²) in [5, 5.41) is 1.12. The highest BCUT2D eigenvalue weighted by Crippen LogP contribution is 2.35. The van der Waals surface area contributed by atoms with Crippen LogP contribution in [0.1, 0.15) is 19.8 Å². The first-order valence-electron chi connectivity index (χ1n) is 8.81. The Labute approximate surface area is 161 Å². The fourth-order valence-corrected chi connectivity index (χ4v) is 5.04. The molecule has 4 aromatic rings. The van der Waals surface area contributed by atoms with Crippen LogP contribution < -0.4 is 4.57 Å². The highest BCUT2D eigenvalue weighted by Gasteiger charge is 2.21. The molecule has 130 valence electrons. The summed E-state index contributed by atoms with van der Waals surface area (Å²) >= 11 is 3.68. The summed E-state index contributed by atoms with van der Waals surface area (Å²) in [5.41, 5.74) is 1.04. The van der Waals surface area contributed by atoms with E-state index >= 15 is 0 Å². The van der Waals surface area contributed by atoms with Crippen LogP contribution in [0.25, 0.3) is 27.4 Å². The molecule has 0 atom stereocenters. The molecule has 1 aromatic carbocycles. The van der Waals surface area contributed by atoms with Crippen LogP contribution in [-0.4, -0.2) is 15.7 Å². The Morgan fingerprint density at radius 3 is 2.54 bits per heavy atom. The van der Waals surface area contributed by atoms with E-state index in [0.29, 0.717) is 0 Å².